The van der Waals surface area contributed by atoms with Crippen molar-refractivity contribution >= 4 is 17.9 Å². The summed E-state index contributed by atoms with van der Waals surface area (Å²) in [4.78, 5) is 38.0. The Morgan fingerprint density at radius 1 is 0.253 bits per heavy atom. The summed E-state index contributed by atoms with van der Waals surface area (Å²) in [7, 11) is 0. The Bertz CT molecular complexity index is 1520. The van der Waals surface area contributed by atoms with Gasteiger partial charge in [0.05, 0.1) is 0 Å². The molecule has 6 nitrogen and oxygen atoms in total. The summed E-state index contributed by atoms with van der Waals surface area (Å²) in [5, 5.41) is 0. The highest BCUT2D eigenvalue weighted by atomic mass is 16.6. The van der Waals surface area contributed by atoms with E-state index in [-0.39, 0.29) is 31.1 Å². The molecule has 0 aromatic rings. The van der Waals surface area contributed by atoms with Gasteiger partial charge in [0.2, 0.25) is 0 Å². The second-order valence-corrected chi connectivity index (χ2v) is 24.5. The molecule has 0 bridgehead atoms. The van der Waals surface area contributed by atoms with Crippen molar-refractivity contribution in [3.63, 3.8) is 0 Å². The lowest BCUT2D eigenvalue weighted by molar-refractivity contribution is -0.167. The number of carbonyl (C=O) groups is 3. The third kappa shape index (κ3) is 69.5. The highest BCUT2D eigenvalue weighted by Gasteiger charge is 2.19. The molecular weight excluding hydrogens is 1020 g/mol. The molecule has 482 valence electrons. The molecule has 0 heterocycles. The van der Waals surface area contributed by atoms with Gasteiger partial charge in [-0.25, -0.2) is 0 Å². The molecule has 0 rings (SSSR count). The lowest BCUT2D eigenvalue weighted by atomic mass is 10.0. The monoisotopic (exact) mass is 1160 g/mol. The van der Waals surface area contributed by atoms with Crippen LogP contribution >= 0.6 is 0 Å². The van der Waals surface area contributed by atoms with Crippen LogP contribution in [0.3, 0.4) is 0 Å². The molecule has 0 saturated heterocycles. The first-order chi connectivity index (χ1) is 41.0. The zero-order valence-electron chi connectivity index (χ0n) is 55.5. The fourth-order valence-electron chi connectivity index (χ4n) is 10.8. The normalized spacial score (nSPS) is 12.5. The van der Waals surface area contributed by atoms with Gasteiger partial charge in [0, 0.05) is 19.3 Å². The van der Waals surface area contributed by atoms with Gasteiger partial charge in [0.1, 0.15) is 13.2 Å². The first kappa shape index (κ1) is 79.8. The van der Waals surface area contributed by atoms with E-state index in [0.29, 0.717) is 19.3 Å². The predicted octanol–water partition coefficient (Wildman–Crippen LogP) is 25.2. The number of hydrogen-bond acceptors (Lipinski definition) is 6. The summed E-state index contributed by atoms with van der Waals surface area (Å²) < 4.78 is 16.8. The van der Waals surface area contributed by atoms with Crippen LogP contribution in [0, 0.1) is 0 Å². The van der Waals surface area contributed by atoms with Crippen molar-refractivity contribution in [3.8, 4) is 0 Å². The van der Waals surface area contributed by atoms with Crippen molar-refractivity contribution < 1.29 is 28.6 Å². The van der Waals surface area contributed by atoms with Crippen LogP contribution in [0.25, 0.3) is 0 Å². The van der Waals surface area contributed by atoms with Crippen LogP contribution in [0.2, 0.25) is 0 Å². The first-order valence-corrected chi connectivity index (χ1v) is 36.4. The Hall–Kier alpha value is -3.15. The van der Waals surface area contributed by atoms with Crippen LogP contribution in [0.15, 0.2) is 72.9 Å². The van der Waals surface area contributed by atoms with Crippen molar-refractivity contribution in [2.75, 3.05) is 13.2 Å². The van der Waals surface area contributed by atoms with Gasteiger partial charge in [-0.15, -0.1) is 0 Å². The van der Waals surface area contributed by atoms with Crippen molar-refractivity contribution in [3.05, 3.63) is 72.9 Å². The predicted molar refractivity (Wildman–Crippen MR) is 362 cm³/mol. The van der Waals surface area contributed by atoms with Gasteiger partial charge in [-0.05, 0) is 70.6 Å². The van der Waals surface area contributed by atoms with Crippen LogP contribution in [-0.4, -0.2) is 37.2 Å². The molecule has 0 N–H and O–H groups in total. The second-order valence-electron chi connectivity index (χ2n) is 24.5. The molecule has 6 heteroatoms. The number of ether oxygens (including phenoxy) is 3. The van der Waals surface area contributed by atoms with Crippen molar-refractivity contribution in [2.45, 2.75) is 386 Å². The summed E-state index contributed by atoms with van der Waals surface area (Å²) in [6.45, 7) is 6.50. The van der Waals surface area contributed by atoms with E-state index in [4.69, 9.17) is 14.2 Å². The Balaban J connectivity index is 3.92. The van der Waals surface area contributed by atoms with E-state index in [2.05, 4.69) is 93.7 Å². The van der Waals surface area contributed by atoms with E-state index < -0.39 is 6.10 Å². The maximum absolute atomic E-state index is 12.9. The van der Waals surface area contributed by atoms with Crippen molar-refractivity contribution in [2.24, 2.45) is 0 Å². The molecule has 83 heavy (non-hydrogen) atoms. The largest absolute Gasteiger partial charge is 0.462 e. The van der Waals surface area contributed by atoms with Gasteiger partial charge >= 0.3 is 17.9 Å². The van der Waals surface area contributed by atoms with Gasteiger partial charge < -0.3 is 14.2 Å². The quantitative estimate of drug-likeness (QED) is 0.0261. The summed E-state index contributed by atoms with van der Waals surface area (Å²) in [5.74, 6) is -0.860. The number of esters is 3. The summed E-state index contributed by atoms with van der Waals surface area (Å²) in [5.41, 5.74) is 0. The number of rotatable bonds is 67. The van der Waals surface area contributed by atoms with Crippen LogP contribution in [0.4, 0.5) is 0 Å². The molecule has 0 radical (unpaired) electrons. The molecule has 0 aromatic heterocycles. The standard InChI is InChI=1S/C77H138O6/c1-4-7-10-13-15-17-19-21-23-25-27-29-31-33-34-35-36-37-38-39-40-41-42-44-45-47-49-51-53-55-57-59-61-64-67-70-76(79)82-73-74(72-81-75(78)69-66-63-12-9-6-3)83-77(80)71-68-65-62-60-58-56-54-52-50-48-46-43-32-30-28-26-24-22-20-18-16-14-11-8-5-2/h7,10,15,17,21,23,27,29,33-34,36-37,74H,4-6,8-9,11-14,16,18-20,22,24-26,28,30-32,35,38-73H2,1-3H3/b10-7-,17-15-,23-21-,29-27-,34-33-,37-36-. The smallest absolute Gasteiger partial charge is 0.306 e. The molecule has 0 aliphatic carbocycles. The molecule has 0 aromatic carbocycles. The maximum atomic E-state index is 12.9. The van der Waals surface area contributed by atoms with E-state index in [1.807, 2.05) is 0 Å². The number of unbranched alkanes of at least 4 members (excludes halogenated alkanes) is 44. The summed E-state index contributed by atoms with van der Waals surface area (Å²) >= 11 is 0. The van der Waals surface area contributed by atoms with E-state index in [1.54, 1.807) is 0 Å². The summed E-state index contributed by atoms with van der Waals surface area (Å²) in [6.07, 6.45) is 94.3. The molecule has 0 aliphatic heterocycles. The van der Waals surface area contributed by atoms with Gasteiger partial charge in [-0.2, -0.15) is 0 Å². The van der Waals surface area contributed by atoms with E-state index in [9.17, 15) is 14.4 Å². The lowest BCUT2D eigenvalue weighted by Gasteiger charge is -2.18. The minimum atomic E-state index is -0.768. The maximum Gasteiger partial charge on any atom is 0.306 e. The number of allylic oxidation sites excluding steroid dienone is 12. The highest BCUT2D eigenvalue weighted by molar-refractivity contribution is 5.71. The van der Waals surface area contributed by atoms with Gasteiger partial charge in [0.25, 0.3) is 0 Å². The molecule has 0 spiro atoms. The minimum absolute atomic E-state index is 0.0693. The Kier molecular flexibility index (Phi) is 68.6. The van der Waals surface area contributed by atoms with Gasteiger partial charge in [-0.3, -0.25) is 14.4 Å². The average Bonchev–Trinajstić information content (AvgIpc) is 3.49. The zero-order valence-corrected chi connectivity index (χ0v) is 55.5. The fourth-order valence-corrected chi connectivity index (χ4v) is 10.8. The molecular formula is C77H138O6. The number of hydrogen-bond donors (Lipinski definition) is 0. The van der Waals surface area contributed by atoms with E-state index in [1.165, 1.54) is 238 Å². The van der Waals surface area contributed by atoms with Gasteiger partial charge in [0.15, 0.2) is 6.10 Å². The second kappa shape index (κ2) is 71.3. The third-order valence-electron chi connectivity index (χ3n) is 16.2. The fraction of sp³-hybridized carbons (Fsp3) is 0.805. The van der Waals surface area contributed by atoms with Crippen LogP contribution in [-0.2, 0) is 28.6 Å². The third-order valence-corrected chi connectivity index (χ3v) is 16.2. The number of carbonyl (C=O) groups excluding carboxylic acids is 3. The topological polar surface area (TPSA) is 78.9 Å². The lowest BCUT2D eigenvalue weighted by Crippen LogP contribution is -2.30. The Morgan fingerprint density at radius 3 is 0.735 bits per heavy atom. The molecule has 1 atom stereocenters. The Labute approximate surface area is 516 Å². The van der Waals surface area contributed by atoms with Crippen molar-refractivity contribution in [1.29, 1.82) is 0 Å². The summed E-state index contributed by atoms with van der Waals surface area (Å²) in [6, 6.07) is 0. The van der Waals surface area contributed by atoms with Crippen LogP contribution in [0.5, 0.6) is 0 Å². The minimum Gasteiger partial charge on any atom is -0.462 e. The Morgan fingerprint density at radius 2 is 0.470 bits per heavy atom. The molecule has 0 saturated carbocycles. The van der Waals surface area contributed by atoms with E-state index >= 15 is 0 Å². The van der Waals surface area contributed by atoms with Crippen LogP contribution < -0.4 is 0 Å². The van der Waals surface area contributed by atoms with E-state index in [0.717, 1.165) is 103 Å². The SMILES string of the molecule is CC/C=C\C/C=C\C/C=C\C/C=C\C/C=C\C/C=C\CCCCCCCCCCCCCCCCCCC(=O)OCC(COC(=O)CCCCCCC)OC(=O)CCCCCCCCCCCCCCCCCCCCCCCCCCC. The molecule has 0 aliphatic rings. The first-order valence-electron chi connectivity index (χ1n) is 36.4. The molecule has 0 fully saturated rings. The van der Waals surface area contributed by atoms with Crippen LogP contribution in [0.1, 0.15) is 380 Å². The van der Waals surface area contributed by atoms with Crippen molar-refractivity contribution in [1.82, 2.24) is 0 Å². The molecule has 0 amide bonds. The average molecular weight is 1160 g/mol. The van der Waals surface area contributed by atoms with Gasteiger partial charge in [-0.1, -0.05) is 363 Å². The molecule has 1 unspecified atom stereocenters. The highest BCUT2D eigenvalue weighted by Crippen LogP contribution is 2.19. The zero-order chi connectivity index (χ0) is 59.9.